The van der Waals surface area contributed by atoms with Crippen LogP contribution >= 0.6 is 21.6 Å². The maximum atomic E-state index is 3.41. The van der Waals surface area contributed by atoms with Crippen LogP contribution in [0, 0.1) is 0 Å². The van der Waals surface area contributed by atoms with Crippen LogP contribution in [0.1, 0.15) is 68.2 Å². The van der Waals surface area contributed by atoms with Crippen molar-refractivity contribution in [3.63, 3.8) is 0 Å². The summed E-state index contributed by atoms with van der Waals surface area (Å²) in [6, 6.07) is 23.8. The fraction of sp³-hybridized carbons (Fsp3) is 0.392. The molecule has 1 unspecified atom stereocenters. The van der Waals surface area contributed by atoms with Gasteiger partial charge in [-0.05, 0) is 86.1 Å². The lowest BCUT2D eigenvalue weighted by Gasteiger charge is -2.33. The zero-order valence-electron chi connectivity index (χ0n) is 37.3. The maximum absolute atomic E-state index is 3.41. The Kier molecular flexibility index (Phi) is 21.7. The van der Waals surface area contributed by atoms with Gasteiger partial charge in [0, 0.05) is 88.2 Å². The highest BCUT2D eigenvalue weighted by Gasteiger charge is 2.21. The van der Waals surface area contributed by atoms with Crippen LogP contribution in [0.5, 0.6) is 0 Å². The molecule has 2 aromatic heterocycles. The first-order valence-electron chi connectivity index (χ1n) is 22.3. The van der Waals surface area contributed by atoms with Gasteiger partial charge < -0.3 is 9.80 Å². The van der Waals surface area contributed by atoms with Crippen molar-refractivity contribution in [1.29, 1.82) is 0 Å². The summed E-state index contributed by atoms with van der Waals surface area (Å²) < 4.78 is 7.06. The molecule has 1 aliphatic heterocycles. The second kappa shape index (κ2) is 28.0. The Labute approximate surface area is 375 Å². The number of quaternary nitrogens is 1. The van der Waals surface area contributed by atoms with Crippen LogP contribution in [0.3, 0.4) is 0 Å². The van der Waals surface area contributed by atoms with Crippen molar-refractivity contribution in [3.8, 4) is 0 Å². The van der Waals surface area contributed by atoms with Gasteiger partial charge in [0.25, 0.3) is 0 Å². The van der Waals surface area contributed by atoms with Gasteiger partial charge in [-0.15, -0.1) is 0 Å². The molecule has 2 aromatic carbocycles. The number of benzene rings is 2. The minimum absolute atomic E-state index is 1.02. The van der Waals surface area contributed by atoms with Crippen LogP contribution in [0.15, 0.2) is 134 Å². The van der Waals surface area contributed by atoms with Crippen LogP contribution in [0.2, 0.25) is 0 Å². The normalized spacial score (nSPS) is 14.2. The predicted molar refractivity (Wildman–Crippen MR) is 264 cm³/mol. The Morgan fingerprint density at radius 3 is 2.02 bits per heavy atom. The van der Waals surface area contributed by atoms with E-state index in [0.717, 1.165) is 44.2 Å². The summed E-state index contributed by atoms with van der Waals surface area (Å²) in [6.07, 6.45) is 42.4. The Bertz CT molecular complexity index is 1990. The number of allylic oxidation sites excluding steroid dienone is 5. The third-order valence-corrected chi connectivity index (χ3v) is 13.1. The van der Waals surface area contributed by atoms with Crippen molar-refractivity contribution in [2.45, 2.75) is 71.0 Å². The van der Waals surface area contributed by atoms with Crippen LogP contribution in [0.25, 0.3) is 18.2 Å². The van der Waals surface area contributed by atoms with E-state index >= 15 is 0 Å². The lowest BCUT2D eigenvalue weighted by atomic mass is 10.1. The number of imidazole rings is 1. The molecule has 0 saturated carbocycles. The highest BCUT2D eigenvalue weighted by Crippen LogP contribution is 2.21. The van der Waals surface area contributed by atoms with Gasteiger partial charge in [-0.1, -0.05) is 76.2 Å². The average Bonchev–Trinajstić information content (AvgIpc) is 3.72. The molecule has 0 radical (unpaired) electrons. The largest absolute Gasteiger partial charge is 0.378 e. The number of anilines is 2. The van der Waals surface area contributed by atoms with Gasteiger partial charge >= 0.3 is 0 Å². The smallest absolute Gasteiger partial charge is 0.243 e. The van der Waals surface area contributed by atoms with E-state index in [0.29, 0.717) is 0 Å². The van der Waals surface area contributed by atoms with Gasteiger partial charge in [0.1, 0.15) is 44.4 Å². The molecule has 10 heteroatoms. The predicted octanol–water partition coefficient (Wildman–Crippen LogP) is 7.13. The molecule has 0 bridgehead atoms. The summed E-state index contributed by atoms with van der Waals surface area (Å²) in [7, 11) is 12.3. The summed E-state index contributed by atoms with van der Waals surface area (Å²) >= 11 is 0. The molecule has 2 N–H and O–H groups in total. The minimum atomic E-state index is 1.02. The lowest BCUT2D eigenvalue weighted by molar-refractivity contribution is -0.984. The topological polar surface area (TPSA) is 40.8 Å². The average molecular weight is 861 g/mol. The molecule has 4 aromatic rings. The number of unbranched alkanes of at least 4 members (excludes halogenated alkanes) is 6. The van der Waals surface area contributed by atoms with Crippen molar-refractivity contribution in [1.82, 2.24) is 9.58 Å². The Morgan fingerprint density at radius 1 is 0.639 bits per heavy atom. The number of rotatable bonds is 29. The molecule has 0 saturated heterocycles. The van der Waals surface area contributed by atoms with E-state index in [1.54, 1.807) is 0 Å². The third-order valence-electron chi connectivity index (χ3n) is 10.8. The molecule has 5 rings (SSSR count). The zero-order valence-corrected chi connectivity index (χ0v) is 39.0. The van der Waals surface area contributed by atoms with Crippen molar-refractivity contribution in [2.75, 3.05) is 69.1 Å². The number of aromatic nitrogens is 3. The zero-order chi connectivity index (χ0) is 42.7. The van der Waals surface area contributed by atoms with E-state index < -0.39 is 0 Å². The molecular weight excluding hydrogens is 789 g/mol. The second-order valence-corrected chi connectivity index (χ2v) is 18.7. The molecule has 324 valence electrons. The van der Waals surface area contributed by atoms with E-state index in [9.17, 15) is 0 Å². The lowest BCUT2D eigenvalue weighted by Crippen LogP contribution is -3.17. The standard InChI is InChI=1S/C51H70N8S2/c1-53(2)49-27-22-47(23-28-49)20-12-6-5-7-14-32-52-33-15-8-9-16-34-55-38-39-56(46-55)42-44-60-61-45-43-59-41-40-58(59)37-18-11-10-17-35-57-36-19-13-21-51(57)31-26-48-24-29-50(30-25-48)54(3)4/h5-7,12-14,19-32,36,38-41,46H,8-11,15-18,33-35,37,42-45H2,1-4H3/q+2/p+2/b6-5+,14-7-,20-12+,52-32?. The molecule has 0 fully saturated rings. The first kappa shape index (κ1) is 47.3. The molecule has 8 nitrogen and oxygen atoms in total. The van der Waals surface area contributed by atoms with Crippen LogP contribution < -0.4 is 28.9 Å². The molecule has 1 aliphatic rings. The van der Waals surface area contributed by atoms with E-state index in [2.05, 4.69) is 214 Å². The highest BCUT2D eigenvalue weighted by molar-refractivity contribution is 8.76. The molecular formula is C51H72N8S2+4. The van der Waals surface area contributed by atoms with Gasteiger partial charge in [0.2, 0.25) is 12.0 Å². The Balaban J connectivity index is 0.813. The van der Waals surface area contributed by atoms with Gasteiger partial charge in [0.15, 0.2) is 12.4 Å². The quantitative estimate of drug-likeness (QED) is 0.0200. The number of nitrogens with one attached hydrogen (secondary N) is 2. The van der Waals surface area contributed by atoms with Crippen molar-refractivity contribution >= 4 is 57.4 Å². The van der Waals surface area contributed by atoms with Gasteiger partial charge in [-0.3, -0.25) is 0 Å². The van der Waals surface area contributed by atoms with E-state index in [1.165, 1.54) is 91.1 Å². The van der Waals surface area contributed by atoms with E-state index in [-0.39, 0.29) is 0 Å². The number of hydrogen-bond donors (Lipinski definition) is 2. The summed E-state index contributed by atoms with van der Waals surface area (Å²) in [6.45, 7) is 6.55. The molecule has 61 heavy (non-hydrogen) atoms. The molecule has 1 atom stereocenters. The second-order valence-electron chi connectivity index (χ2n) is 16.0. The van der Waals surface area contributed by atoms with Gasteiger partial charge in [-0.2, -0.15) is 4.57 Å². The first-order valence-corrected chi connectivity index (χ1v) is 24.8. The Hall–Kier alpha value is -4.77. The fourth-order valence-electron chi connectivity index (χ4n) is 7.01. The Morgan fingerprint density at radius 2 is 1.30 bits per heavy atom. The molecule has 0 amide bonds. The summed E-state index contributed by atoms with van der Waals surface area (Å²) in [4.78, 5) is 7.66. The monoisotopic (exact) mass is 861 g/mol. The van der Waals surface area contributed by atoms with Crippen molar-refractivity contribution < 1.29 is 19.1 Å². The summed E-state index contributed by atoms with van der Waals surface area (Å²) in [5, 5.41) is 3.98. The first-order chi connectivity index (χ1) is 29.9. The number of hydrogen-bond acceptors (Lipinski definition) is 5. The maximum Gasteiger partial charge on any atom is 0.243 e. The minimum Gasteiger partial charge on any atom is -0.378 e. The van der Waals surface area contributed by atoms with E-state index in [4.69, 9.17) is 0 Å². The highest BCUT2D eigenvalue weighted by atomic mass is 33.1. The SMILES string of the molecule is CN(C)c1ccc(/C=C/C=C/C=C\C=[NH+]CCCCCC[n+]2ccn(CCSSCCN3C=C[NH+]3CCCCCC[n+]3ccccc3/C=C/c3ccc(N(C)C)cc3)c2)cc1. The summed E-state index contributed by atoms with van der Waals surface area (Å²) in [5.74, 6) is 2.29. The number of pyridine rings is 1. The van der Waals surface area contributed by atoms with Crippen molar-refractivity contribution in [3.05, 3.63) is 151 Å². The molecule has 0 aliphatic carbocycles. The van der Waals surface area contributed by atoms with Crippen LogP contribution in [-0.4, -0.2) is 75.1 Å². The fourth-order valence-corrected chi connectivity index (χ4v) is 8.95. The number of aryl methyl sites for hydroxylation is 3. The van der Waals surface area contributed by atoms with Crippen LogP contribution in [-0.2, 0) is 19.6 Å². The van der Waals surface area contributed by atoms with Crippen LogP contribution in [0.4, 0.5) is 11.4 Å². The van der Waals surface area contributed by atoms with Crippen molar-refractivity contribution in [2.24, 2.45) is 0 Å². The third kappa shape index (κ3) is 18.4. The summed E-state index contributed by atoms with van der Waals surface area (Å²) in [5.41, 5.74) is 6.13. The number of nitrogens with zero attached hydrogens (tertiary/aromatic N) is 6. The van der Waals surface area contributed by atoms with Gasteiger partial charge in [0.05, 0.1) is 19.6 Å². The van der Waals surface area contributed by atoms with Gasteiger partial charge in [-0.25, -0.2) is 24.1 Å². The molecule has 3 heterocycles. The van der Waals surface area contributed by atoms with E-state index in [1.807, 2.05) is 27.8 Å². The molecule has 0 spiro atoms.